The van der Waals surface area contributed by atoms with Crippen molar-refractivity contribution in [2.24, 2.45) is 0 Å². The van der Waals surface area contributed by atoms with Crippen LogP contribution in [-0.4, -0.2) is 46.1 Å². The normalized spacial score (nSPS) is 17.6. The first-order valence-corrected chi connectivity index (χ1v) is 8.33. The van der Waals surface area contributed by atoms with Crippen molar-refractivity contribution in [2.75, 3.05) is 25.5 Å². The summed E-state index contributed by atoms with van der Waals surface area (Å²) in [6.07, 6.45) is 5.59. The van der Waals surface area contributed by atoms with Crippen LogP contribution in [0.1, 0.15) is 29.2 Å². The summed E-state index contributed by atoms with van der Waals surface area (Å²) in [5, 5.41) is 18.5. The minimum Gasteiger partial charge on any atom is -0.497 e. The Hall–Kier alpha value is -2.87. The minimum absolute atomic E-state index is 0.223. The highest BCUT2D eigenvalue weighted by molar-refractivity contribution is 6.07. The lowest BCUT2D eigenvalue weighted by molar-refractivity contribution is 0.102. The van der Waals surface area contributed by atoms with Crippen molar-refractivity contribution >= 4 is 22.6 Å². The maximum atomic E-state index is 12.5. The SMILES string of the molecule is COc1ccc2c(NC(=O)c3cnn(C4CCCNC4)c3)n[nH]c2c1. The number of amides is 1. The highest BCUT2D eigenvalue weighted by atomic mass is 16.5. The largest absolute Gasteiger partial charge is 0.497 e. The van der Waals surface area contributed by atoms with Gasteiger partial charge in [-0.25, -0.2) is 0 Å². The number of rotatable bonds is 4. The van der Waals surface area contributed by atoms with Gasteiger partial charge >= 0.3 is 0 Å². The van der Waals surface area contributed by atoms with Crippen LogP contribution >= 0.6 is 0 Å². The quantitative estimate of drug-likeness (QED) is 0.674. The van der Waals surface area contributed by atoms with Crippen LogP contribution in [0.4, 0.5) is 5.82 Å². The zero-order valence-electron chi connectivity index (χ0n) is 14.0. The Balaban J connectivity index is 1.51. The molecule has 3 heterocycles. The van der Waals surface area contributed by atoms with Gasteiger partial charge in [0.1, 0.15) is 5.75 Å². The number of hydrogen-bond acceptors (Lipinski definition) is 5. The molecule has 0 radical (unpaired) electrons. The molecule has 1 aliphatic heterocycles. The average molecular weight is 340 g/mol. The number of ether oxygens (including phenoxy) is 1. The van der Waals surface area contributed by atoms with E-state index in [-0.39, 0.29) is 5.91 Å². The van der Waals surface area contributed by atoms with E-state index in [1.807, 2.05) is 22.9 Å². The molecule has 130 valence electrons. The lowest BCUT2D eigenvalue weighted by atomic mass is 10.1. The molecular weight excluding hydrogens is 320 g/mol. The van der Waals surface area contributed by atoms with Gasteiger partial charge < -0.3 is 15.4 Å². The Morgan fingerprint density at radius 3 is 3.16 bits per heavy atom. The molecule has 8 nitrogen and oxygen atoms in total. The third kappa shape index (κ3) is 3.08. The van der Waals surface area contributed by atoms with Crippen LogP contribution in [0.15, 0.2) is 30.6 Å². The Morgan fingerprint density at radius 1 is 1.44 bits per heavy atom. The second-order valence-corrected chi connectivity index (χ2v) is 6.15. The lowest BCUT2D eigenvalue weighted by Gasteiger charge is -2.22. The molecule has 1 saturated heterocycles. The zero-order chi connectivity index (χ0) is 17.2. The van der Waals surface area contributed by atoms with E-state index in [1.165, 1.54) is 0 Å². The molecule has 1 atom stereocenters. The molecule has 0 spiro atoms. The number of nitrogens with zero attached hydrogens (tertiary/aromatic N) is 3. The zero-order valence-corrected chi connectivity index (χ0v) is 14.0. The molecule has 3 aromatic rings. The van der Waals surface area contributed by atoms with Gasteiger partial charge in [-0.3, -0.25) is 14.6 Å². The van der Waals surface area contributed by atoms with Gasteiger partial charge in [0.15, 0.2) is 5.82 Å². The van der Waals surface area contributed by atoms with E-state index in [2.05, 4.69) is 25.9 Å². The van der Waals surface area contributed by atoms with E-state index in [0.717, 1.165) is 42.6 Å². The molecule has 2 aromatic heterocycles. The van der Waals surface area contributed by atoms with E-state index >= 15 is 0 Å². The van der Waals surface area contributed by atoms with E-state index < -0.39 is 0 Å². The van der Waals surface area contributed by atoms with Crippen molar-refractivity contribution < 1.29 is 9.53 Å². The van der Waals surface area contributed by atoms with Crippen molar-refractivity contribution in [3.63, 3.8) is 0 Å². The molecule has 3 N–H and O–H groups in total. The maximum absolute atomic E-state index is 12.5. The number of benzene rings is 1. The summed E-state index contributed by atoms with van der Waals surface area (Å²) in [5.41, 5.74) is 1.33. The van der Waals surface area contributed by atoms with Gasteiger partial charge in [0.2, 0.25) is 0 Å². The van der Waals surface area contributed by atoms with E-state index in [1.54, 1.807) is 19.5 Å². The van der Waals surface area contributed by atoms with E-state index in [9.17, 15) is 4.79 Å². The number of fused-ring (bicyclic) bond motifs is 1. The average Bonchev–Trinajstić information content (AvgIpc) is 3.30. The van der Waals surface area contributed by atoms with Gasteiger partial charge in [0.05, 0.1) is 30.4 Å². The number of carbonyl (C=O) groups excluding carboxylic acids is 1. The Kier molecular flexibility index (Phi) is 4.10. The van der Waals surface area contributed by atoms with Crippen LogP contribution in [0.3, 0.4) is 0 Å². The maximum Gasteiger partial charge on any atom is 0.260 e. The number of methoxy groups -OCH3 is 1. The Bertz CT molecular complexity index is 894. The second kappa shape index (κ2) is 6.56. The summed E-state index contributed by atoms with van der Waals surface area (Å²) in [6.45, 7) is 1.93. The van der Waals surface area contributed by atoms with Gasteiger partial charge in [0, 0.05) is 24.2 Å². The predicted molar refractivity (Wildman–Crippen MR) is 94.0 cm³/mol. The first-order valence-electron chi connectivity index (χ1n) is 8.33. The minimum atomic E-state index is -0.223. The molecule has 1 amide bonds. The van der Waals surface area contributed by atoms with Crippen molar-refractivity contribution in [2.45, 2.75) is 18.9 Å². The summed E-state index contributed by atoms with van der Waals surface area (Å²) in [5.74, 6) is 1.00. The number of aromatic nitrogens is 4. The van der Waals surface area contributed by atoms with E-state index in [0.29, 0.717) is 17.4 Å². The van der Waals surface area contributed by atoms with Gasteiger partial charge in [-0.2, -0.15) is 10.2 Å². The fourth-order valence-electron chi connectivity index (χ4n) is 3.11. The summed E-state index contributed by atoms with van der Waals surface area (Å²) in [4.78, 5) is 12.5. The third-order valence-corrected chi connectivity index (χ3v) is 4.51. The summed E-state index contributed by atoms with van der Waals surface area (Å²) >= 11 is 0. The second-order valence-electron chi connectivity index (χ2n) is 6.15. The summed E-state index contributed by atoms with van der Waals surface area (Å²) < 4.78 is 7.06. The Labute approximate surface area is 144 Å². The Morgan fingerprint density at radius 2 is 2.36 bits per heavy atom. The number of piperidine rings is 1. The molecule has 4 rings (SSSR count). The smallest absolute Gasteiger partial charge is 0.260 e. The van der Waals surface area contributed by atoms with Gasteiger partial charge in [0.25, 0.3) is 5.91 Å². The molecule has 1 aliphatic rings. The van der Waals surface area contributed by atoms with Crippen LogP contribution in [0.25, 0.3) is 10.9 Å². The molecular formula is C17H20N6O2. The number of hydrogen-bond donors (Lipinski definition) is 3. The number of nitrogens with one attached hydrogen (secondary N) is 3. The van der Waals surface area contributed by atoms with Crippen molar-refractivity contribution in [1.82, 2.24) is 25.3 Å². The molecule has 0 saturated carbocycles. The van der Waals surface area contributed by atoms with Gasteiger partial charge in [-0.05, 0) is 31.5 Å². The number of carbonyl (C=O) groups is 1. The molecule has 25 heavy (non-hydrogen) atoms. The summed E-state index contributed by atoms with van der Waals surface area (Å²) in [6, 6.07) is 5.84. The van der Waals surface area contributed by atoms with Crippen molar-refractivity contribution in [3.05, 3.63) is 36.2 Å². The van der Waals surface area contributed by atoms with Crippen LogP contribution in [0, 0.1) is 0 Å². The van der Waals surface area contributed by atoms with Crippen molar-refractivity contribution in [3.8, 4) is 5.75 Å². The standard InChI is InChI=1S/C17H20N6O2/c1-25-13-4-5-14-15(7-13)21-22-16(14)20-17(24)11-8-19-23(10-11)12-3-2-6-18-9-12/h4-5,7-8,10,12,18H,2-3,6,9H2,1H3,(H2,20,21,22,24). The molecule has 0 aliphatic carbocycles. The highest BCUT2D eigenvalue weighted by Crippen LogP contribution is 2.25. The predicted octanol–water partition coefficient (Wildman–Crippen LogP) is 1.94. The highest BCUT2D eigenvalue weighted by Gasteiger charge is 2.18. The van der Waals surface area contributed by atoms with Crippen LogP contribution in [0.2, 0.25) is 0 Å². The molecule has 1 fully saturated rings. The number of aromatic amines is 1. The van der Waals surface area contributed by atoms with Crippen molar-refractivity contribution in [1.29, 1.82) is 0 Å². The van der Waals surface area contributed by atoms with Crippen LogP contribution < -0.4 is 15.4 Å². The molecule has 8 heteroatoms. The van der Waals surface area contributed by atoms with Gasteiger partial charge in [-0.1, -0.05) is 0 Å². The van der Waals surface area contributed by atoms with Crippen LogP contribution in [-0.2, 0) is 0 Å². The fourth-order valence-corrected chi connectivity index (χ4v) is 3.11. The summed E-state index contributed by atoms with van der Waals surface area (Å²) in [7, 11) is 1.61. The number of H-pyrrole nitrogens is 1. The van der Waals surface area contributed by atoms with Crippen LogP contribution in [0.5, 0.6) is 5.75 Å². The first kappa shape index (κ1) is 15.6. The first-order chi connectivity index (χ1) is 12.2. The monoisotopic (exact) mass is 340 g/mol. The third-order valence-electron chi connectivity index (χ3n) is 4.51. The van der Waals surface area contributed by atoms with E-state index in [4.69, 9.17) is 4.74 Å². The topological polar surface area (TPSA) is 96.9 Å². The fraction of sp³-hybridized carbons (Fsp3) is 0.353. The molecule has 0 bridgehead atoms. The van der Waals surface area contributed by atoms with Gasteiger partial charge in [-0.15, -0.1) is 0 Å². The lowest BCUT2D eigenvalue weighted by Crippen LogP contribution is -2.31. The number of anilines is 1. The molecule has 1 unspecified atom stereocenters. The molecule has 1 aromatic carbocycles.